The van der Waals surface area contributed by atoms with Crippen LogP contribution < -0.4 is 5.32 Å². The van der Waals surface area contributed by atoms with E-state index in [9.17, 15) is 4.79 Å². The molecule has 0 spiro atoms. The van der Waals surface area contributed by atoms with Gasteiger partial charge < -0.3 is 10.3 Å². The van der Waals surface area contributed by atoms with Gasteiger partial charge in [-0.1, -0.05) is 20.8 Å². The summed E-state index contributed by atoms with van der Waals surface area (Å²) in [4.78, 5) is 14.9. The summed E-state index contributed by atoms with van der Waals surface area (Å²) >= 11 is 0. The number of aromatic nitrogens is 1. The highest BCUT2D eigenvalue weighted by molar-refractivity contribution is 5.93. The minimum absolute atomic E-state index is 0.0528. The maximum atomic E-state index is 11.9. The van der Waals surface area contributed by atoms with Crippen molar-refractivity contribution in [2.45, 2.75) is 52.5 Å². The maximum Gasteiger partial charge on any atom is 0.268 e. The summed E-state index contributed by atoms with van der Waals surface area (Å²) in [7, 11) is 0. The molecule has 90 valence electrons. The molecule has 0 atom stereocenters. The van der Waals surface area contributed by atoms with Gasteiger partial charge in [0.05, 0.1) is 0 Å². The number of amides is 1. The van der Waals surface area contributed by atoms with Crippen LogP contribution in [0.3, 0.4) is 0 Å². The van der Waals surface area contributed by atoms with Gasteiger partial charge in [0.25, 0.3) is 5.91 Å². The first-order valence-electron chi connectivity index (χ1n) is 5.61. The van der Waals surface area contributed by atoms with Crippen molar-refractivity contribution in [3.63, 3.8) is 0 Å². The molecule has 1 heterocycles. The number of carbonyl (C=O) groups excluding carboxylic acids is 1. The summed E-state index contributed by atoms with van der Waals surface area (Å²) in [5, 5.41) is 2.93. The molecule has 0 radical (unpaired) electrons. The molecule has 1 amide bonds. The highest BCUT2D eigenvalue weighted by atomic mass is 16.2. The van der Waals surface area contributed by atoms with Crippen LogP contribution in [-0.4, -0.2) is 16.4 Å². The van der Waals surface area contributed by atoms with Crippen LogP contribution in [0, 0.1) is 0 Å². The lowest BCUT2D eigenvalue weighted by molar-refractivity contribution is 0.0915. The minimum Gasteiger partial charge on any atom is -0.357 e. The quantitative estimate of drug-likeness (QED) is 0.754. The Hall–Kier alpha value is -1.25. The average molecular weight is 222 g/mol. The zero-order chi connectivity index (χ0) is 12.6. The molecule has 16 heavy (non-hydrogen) atoms. The molecular formula is C13H22N2O. The zero-order valence-corrected chi connectivity index (χ0v) is 11.1. The van der Waals surface area contributed by atoms with Gasteiger partial charge in [-0.25, -0.2) is 0 Å². The predicted octanol–water partition coefficient (Wildman–Crippen LogP) is 2.84. The van der Waals surface area contributed by atoms with Crippen LogP contribution in [0.4, 0.5) is 0 Å². The Kier molecular flexibility index (Phi) is 3.17. The van der Waals surface area contributed by atoms with Crippen LogP contribution in [0.25, 0.3) is 0 Å². The van der Waals surface area contributed by atoms with Crippen LogP contribution in [0.1, 0.15) is 57.6 Å². The average Bonchev–Trinajstić information content (AvgIpc) is 2.46. The smallest absolute Gasteiger partial charge is 0.268 e. The van der Waals surface area contributed by atoms with E-state index in [0.717, 1.165) is 5.56 Å². The van der Waals surface area contributed by atoms with Gasteiger partial charge in [0.2, 0.25) is 0 Å². The third-order valence-electron chi connectivity index (χ3n) is 2.28. The first kappa shape index (κ1) is 12.8. The number of carbonyl (C=O) groups is 1. The van der Waals surface area contributed by atoms with E-state index in [4.69, 9.17) is 0 Å². The van der Waals surface area contributed by atoms with Crippen LogP contribution in [0.5, 0.6) is 0 Å². The molecular weight excluding hydrogens is 200 g/mol. The number of H-pyrrole nitrogens is 1. The van der Waals surface area contributed by atoms with E-state index in [2.05, 4.69) is 31.1 Å². The second kappa shape index (κ2) is 3.96. The lowest BCUT2D eigenvalue weighted by atomic mass is 9.89. The van der Waals surface area contributed by atoms with Gasteiger partial charge in [-0.2, -0.15) is 0 Å². The van der Waals surface area contributed by atoms with Crippen molar-refractivity contribution < 1.29 is 4.79 Å². The van der Waals surface area contributed by atoms with Gasteiger partial charge in [-0.15, -0.1) is 0 Å². The fourth-order valence-corrected chi connectivity index (χ4v) is 1.37. The third-order valence-corrected chi connectivity index (χ3v) is 2.28. The monoisotopic (exact) mass is 222 g/mol. The molecule has 3 heteroatoms. The first-order chi connectivity index (χ1) is 7.09. The summed E-state index contributed by atoms with van der Waals surface area (Å²) in [5.74, 6) is -0.0528. The summed E-state index contributed by atoms with van der Waals surface area (Å²) < 4.78 is 0. The van der Waals surface area contributed by atoms with Crippen molar-refractivity contribution in [2.24, 2.45) is 0 Å². The normalized spacial score (nSPS) is 12.6. The van der Waals surface area contributed by atoms with Crippen molar-refractivity contribution in [2.75, 3.05) is 0 Å². The Morgan fingerprint density at radius 2 is 1.75 bits per heavy atom. The van der Waals surface area contributed by atoms with Crippen LogP contribution in [0.2, 0.25) is 0 Å². The molecule has 0 aliphatic carbocycles. The van der Waals surface area contributed by atoms with Crippen molar-refractivity contribution in [1.29, 1.82) is 0 Å². The molecule has 0 unspecified atom stereocenters. The Labute approximate surface area is 97.6 Å². The summed E-state index contributed by atoms with van der Waals surface area (Å²) in [5.41, 5.74) is 1.63. The summed E-state index contributed by atoms with van der Waals surface area (Å²) in [6.07, 6.45) is 1.90. The number of hydrogen-bond donors (Lipinski definition) is 2. The van der Waals surface area contributed by atoms with E-state index in [1.807, 2.05) is 33.0 Å². The van der Waals surface area contributed by atoms with Crippen molar-refractivity contribution >= 4 is 5.91 Å². The lowest BCUT2D eigenvalue weighted by Crippen LogP contribution is -2.40. The molecule has 0 fully saturated rings. The van der Waals surface area contributed by atoms with Crippen LogP contribution >= 0.6 is 0 Å². The molecule has 0 saturated heterocycles. The summed E-state index contributed by atoms with van der Waals surface area (Å²) in [6.45, 7) is 12.3. The fourth-order valence-electron chi connectivity index (χ4n) is 1.37. The van der Waals surface area contributed by atoms with E-state index in [-0.39, 0.29) is 16.9 Å². The molecule has 1 aromatic heterocycles. The minimum atomic E-state index is -0.204. The van der Waals surface area contributed by atoms with Gasteiger partial charge in [0.15, 0.2) is 0 Å². The first-order valence-corrected chi connectivity index (χ1v) is 5.61. The molecule has 3 nitrogen and oxygen atoms in total. The molecule has 2 N–H and O–H groups in total. The van der Waals surface area contributed by atoms with Crippen molar-refractivity contribution in [3.8, 4) is 0 Å². The molecule has 1 aromatic rings. The molecule has 1 rings (SSSR count). The predicted molar refractivity (Wildman–Crippen MR) is 66.7 cm³/mol. The van der Waals surface area contributed by atoms with E-state index in [0.29, 0.717) is 5.69 Å². The highest BCUT2D eigenvalue weighted by Gasteiger charge is 2.20. The number of nitrogens with one attached hydrogen (secondary N) is 2. The highest BCUT2D eigenvalue weighted by Crippen LogP contribution is 2.22. The van der Waals surface area contributed by atoms with E-state index in [1.165, 1.54) is 0 Å². The topological polar surface area (TPSA) is 44.9 Å². The molecule has 0 aliphatic heterocycles. The summed E-state index contributed by atoms with van der Waals surface area (Å²) in [6, 6.07) is 1.92. The molecule has 0 aromatic carbocycles. The number of hydrogen-bond acceptors (Lipinski definition) is 1. The van der Waals surface area contributed by atoms with E-state index in [1.54, 1.807) is 0 Å². The maximum absolute atomic E-state index is 11.9. The Balaban J connectivity index is 2.83. The van der Waals surface area contributed by atoms with Gasteiger partial charge in [-0.3, -0.25) is 4.79 Å². The zero-order valence-electron chi connectivity index (χ0n) is 11.1. The van der Waals surface area contributed by atoms with Crippen LogP contribution in [-0.2, 0) is 5.41 Å². The standard InChI is InChI=1S/C13H22N2O/c1-12(2,3)9-7-10(14-8-9)11(16)15-13(4,5)6/h7-8,14H,1-6H3,(H,15,16). The Morgan fingerprint density at radius 3 is 2.12 bits per heavy atom. The molecule has 0 saturated carbocycles. The lowest BCUT2D eigenvalue weighted by Gasteiger charge is -2.20. The molecule has 0 aliphatic rings. The van der Waals surface area contributed by atoms with Gasteiger partial charge in [0, 0.05) is 11.7 Å². The van der Waals surface area contributed by atoms with Crippen molar-refractivity contribution in [1.82, 2.24) is 10.3 Å². The third kappa shape index (κ3) is 3.40. The van der Waals surface area contributed by atoms with E-state index < -0.39 is 0 Å². The Bertz CT molecular complexity index is 377. The van der Waals surface area contributed by atoms with Gasteiger partial charge in [-0.05, 0) is 37.8 Å². The second-order valence-electron chi connectivity index (χ2n) is 6.26. The second-order valence-corrected chi connectivity index (χ2v) is 6.26. The molecule has 0 bridgehead atoms. The van der Waals surface area contributed by atoms with Crippen molar-refractivity contribution in [3.05, 3.63) is 23.5 Å². The van der Waals surface area contributed by atoms with Gasteiger partial charge >= 0.3 is 0 Å². The van der Waals surface area contributed by atoms with Crippen LogP contribution in [0.15, 0.2) is 12.3 Å². The number of aromatic amines is 1. The SMILES string of the molecule is CC(C)(C)NC(=O)c1cc(C(C)(C)C)c[nH]1. The van der Waals surface area contributed by atoms with Gasteiger partial charge in [0.1, 0.15) is 5.69 Å². The number of rotatable bonds is 1. The largest absolute Gasteiger partial charge is 0.357 e. The Morgan fingerprint density at radius 1 is 1.19 bits per heavy atom. The fraction of sp³-hybridized carbons (Fsp3) is 0.615. The van der Waals surface area contributed by atoms with E-state index >= 15 is 0 Å².